The largest absolute Gasteiger partial charge is 0.359 e. The predicted octanol–water partition coefficient (Wildman–Crippen LogP) is 5.21. The van der Waals surface area contributed by atoms with Crippen molar-refractivity contribution in [1.82, 2.24) is 9.88 Å². The van der Waals surface area contributed by atoms with Gasteiger partial charge in [-0.15, -0.1) is 11.3 Å². The fourth-order valence-electron chi connectivity index (χ4n) is 3.76. The number of thiazole rings is 1. The Morgan fingerprint density at radius 1 is 1.23 bits per heavy atom. The molecular formula is C22H19ClN4O2S. The van der Waals surface area contributed by atoms with Gasteiger partial charge in [-0.05, 0) is 43.2 Å². The maximum Gasteiger partial charge on any atom is 0.258 e. The molecule has 5 rings (SSSR count). The van der Waals surface area contributed by atoms with Crippen LogP contribution in [0.5, 0.6) is 0 Å². The Morgan fingerprint density at radius 2 is 2.03 bits per heavy atom. The molecular weight excluding hydrogens is 420 g/mol. The highest BCUT2D eigenvalue weighted by atomic mass is 35.5. The van der Waals surface area contributed by atoms with Gasteiger partial charge in [-0.1, -0.05) is 29.8 Å². The van der Waals surface area contributed by atoms with Crippen LogP contribution < -0.4 is 10.2 Å². The van der Waals surface area contributed by atoms with E-state index in [2.05, 4.69) is 5.32 Å². The zero-order chi connectivity index (χ0) is 20.8. The zero-order valence-corrected chi connectivity index (χ0v) is 17.8. The fourth-order valence-corrected chi connectivity index (χ4v) is 4.85. The standard InChI is InChI=1S/C22H19ClN4O2S/c1-13(28)26(16-6-4-5-14(23)11-16)22-25-19(12-30-22)20-24-18-8-3-2-7-17(18)21(29)27(20)15-9-10-15/h2-8,11-12,15,20,24H,9-10H2,1H3/t20-/m1/s1. The van der Waals surface area contributed by atoms with E-state index in [9.17, 15) is 9.59 Å². The number of hydrogen-bond acceptors (Lipinski definition) is 5. The van der Waals surface area contributed by atoms with E-state index >= 15 is 0 Å². The van der Waals surface area contributed by atoms with Crippen molar-refractivity contribution in [3.05, 3.63) is 70.2 Å². The number of para-hydroxylation sites is 1. The van der Waals surface area contributed by atoms with Gasteiger partial charge in [-0.2, -0.15) is 0 Å². The van der Waals surface area contributed by atoms with Gasteiger partial charge in [0.15, 0.2) is 5.13 Å². The summed E-state index contributed by atoms with van der Waals surface area (Å²) >= 11 is 7.49. The molecule has 0 radical (unpaired) electrons. The van der Waals surface area contributed by atoms with Gasteiger partial charge >= 0.3 is 0 Å². The van der Waals surface area contributed by atoms with E-state index < -0.39 is 0 Å². The zero-order valence-electron chi connectivity index (χ0n) is 16.2. The third-order valence-electron chi connectivity index (χ3n) is 5.27. The third kappa shape index (κ3) is 3.34. The van der Waals surface area contributed by atoms with Crippen molar-refractivity contribution >= 4 is 51.3 Å². The van der Waals surface area contributed by atoms with Crippen LogP contribution in [0.25, 0.3) is 0 Å². The molecule has 1 aliphatic carbocycles. The Morgan fingerprint density at radius 3 is 2.77 bits per heavy atom. The number of amides is 2. The Balaban J connectivity index is 1.52. The van der Waals surface area contributed by atoms with Gasteiger partial charge in [0.1, 0.15) is 6.17 Å². The molecule has 1 fully saturated rings. The first-order valence-electron chi connectivity index (χ1n) is 9.73. The number of halogens is 1. The van der Waals surface area contributed by atoms with Crippen molar-refractivity contribution in [1.29, 1.82) is 0 Å². The highest BCUT2D eigenvalue weighted by Gasteiger charge is 2.43. The van der Waals surface area contributed by atoms with Crippen molar-refractivity contribution in [2.45, 2.75) is 32.0 Å². The fraction of sp³-hybridized carbons (Fsp3) is 0.227. The number of hydrogen-bond donors (Lipinski definition) is 1. The smallest absolute Gasteiger partial charge is 0.258 e. The van der Waals surface area contributed by atoms with E-state index in [0.29, 0.717) is 21.4 Å². The van der Waals surface area contributed by atoms with Crippen LogP contribution in [0.15, 0.2) is 53.9 Å². The summed E-state index contributed by atoms with van der Waals surface area (Å²) in [5.74, 6) is -0.139. The van der Waals surface area contributed by atoms with Crippen molar-refractivity contribution in [2.24, 2.45) is 0 Å². The Labute approximate surface area is 183 Å². The van der Waals surface area contributed by atoms with Crippen LogP contribution in [0.3, 0.4) is 0 Å². The molecule has 1 aliphatic heterocycles. The summed E-state index contributed by atoms with van der Waals surface area (Å²) in [6, 6.07) is 14.9. The molecule has 8 heteroatoms. The Hall–Kier alpha value is -2.90. The lowest BCUT2D eigenvalue weighted by molar-refractivity contribution is -0.115. The van der Waals surface area contributed by atoms with Crippen molar-refractivity contribution in [3.63, 3.8) is 0 Å². The van der Waals surface area contributed by atoms with Gasteiger partial charge in [0.05, 0.1) is 16.9 Å². The van der Waals surface area contributed by atoms with Gasteiger partial charge in [-0.3, -0.25) is 14.5 Å². The summed E-state index contributed by atoms with van der Waals surface area (Å²) in [4.78, 5) is 33.8. The number of nitrogens with one attached hydrogen (secondary N) is 1. The average Bonchev–Trinajstić information content (AvgIpc) is 3.45. The average molecular weight is 439 g/mol. The van der Waals surface area contributed by atoms with Gasteiger partial charge in [0.25, 0.3) is 5.91 Å². The molecule has 1 aromatic heterocycles. The number of nitrogens with zero attached hydrogens (tertiary/aromatic N) is 3. The van der Waals surface area contributed by atoms with Gasteiger partial charge < -0.3 is 10.2 Å². The highest BCUT2D eigenvalue weighted by Crippen LogP contribution is 2.42. The summed E-state index contributed by atoms with van der Waals surface area (Å²) in [5.41, 5.74) is 2.86. The third-order valence-corrected chi connectivity index (χ3v) is 6.34. The van der Waals surface area contributed by atoms with Crippen LogP contribution in [0.2, 0.25) is 5.02 Å². The molecule has 3 aromatic rings. The van der Waals surface area contributed by atoms with Gasteiger partial charge in [0, 0.05) is 29.1 Å². The molecule has 0 bridgehead atoms. The molecule has 152 valence electrons. The van der Waals surface area contributed by atoms with Crippen LogP contribution in [0, 0.1) is 0 Å². The minimum Gasteiger partial charge on any atom is -0.359 e. The molecule has 2 aromatic carbocycles. The van der Waals surface area contributed by atoms with Crippen LogP contribution in [0.4, 0.5) is 16.5 Å². The number of fused-ring (bicyclic) bond motifs is 1. The number of aromatic nitrogens is 1. The van der Waals surface area contributed by atoms with Crippen LogP contribution in [-0.2, 0) is 4.79 Å². The molecule has 2 heterocycles. The summed E-state index contributed by atoms with van der Waals surface area (Å²) in [6.45, 7) is 1.50. The maximum absolute atomic E-state index is 13.2. The number of benzene rings is 2. The van der Waals surface area contributed by atoms with Crippen molar-refractivity contribution < 1.29 is 9.59 Å². The minimum absolute atomic E-state index is 0.0182. The van der Waals surface area contributed by atoms with Gasteiger partial charge in [0.2, 0.25) is 5.91 Å². The molecule has 0 unspecified atom stereocenters. The first kappa shape index (κ1) is 19.1. The summed E-state index contributed by atoms with van der Waals surface area (Å²) in [6.07, 6.45) is 1.62. The monoisotopic (exact) mass is 438 g/mol. The van der Waals surface area contributed by atoms with E-state index in [-0.39, 0.29) is 24.0 Å². The molecule has 1 atom stereocenters. The molecule has 2 aliphatic rings. The van der Waals surface area contributed by atoms with Crippen molar-refractivity contribution in [2.75, 3.05) is 10.2 Å². The molecule has 1 saturated carbocycles. The lowest BCUT2D eigenvalue weighted by atomic mass is 10.1. The Bertz CT molecular complexity index is 1140. The van der Waals surface area contributed by atoms with Crippen LogP contribution in [-0.4, -0.2) is 27.7 Å². The molecule has 6 nitrogen and oxygen atoms in total. The number of carbonyl (C=O) groups excluding carboxylic acids is 2. The van der Waals surface area contributed by atoms with Crippen molar-refractivity contribution in [3.8, 4) is 0 Å². The second-order valence-electron chi connectivity index (χ2n) is 7.43. The quantitative estimate of drug-likeness (QED) is 0.607. The maximum atomic E-state index is 13.2. The Kier molecular flexibility index (Phi) is 4.72. The normalized spacial score (nSPS) is 18.0. The molecule has 0 spiro atoms. The lowest BCUT2D eigenvalue weighted by Gasteiger charge is -2.37. The molecule has 0 saturated heterocycles. The number of anilines is 3. The predicted molar refractivity (Wildman–Crippen MR) is 118 cm³/mol. The first-order valence-corrected chi connectivity index (χ1v) is 11.0. The highest BCUT2D eigenvalue weighted by molar-refractivity contribution is 7.14. The van der Waals surface area contributed by atoms with Crippen LogP contribution >= 0.6 is 22.9 Å². The van der Waals surface area contributed by atoms with E-state index in [0.717, 1.165) is 24.2 Å². The molecule has 30 heavy (non-hydrogen) atoms. The summed E-state index contributed by atoms with van der Waals surface area (Å²) in [5, 5.41) is 6.47. The van der Waals surface area contributed by atoms with E-state index in [1.54, 1.807) is 23.1 Å². The van der Waals surface area contributed by atoms with Gasteiger partial charge in [-0.25, -0.2) is 4.98 Å². The summed E-state index contributed by atoms with van der Waals surface area (Å²) < 4.78 is 0. The molecule has 2 amide bonds. The lowest BCUT2D eigenvalue weighted by Crippen LogP contribution is -2.44. The van der Waals surface area contributed by atoms with Crippen LogP contribution in [0.1, 0.15) is 42.0 Å². The number of carbonyl (C=O) groups is 2. The topological polar surface area (TPSA) is 65.5 Å². The SMILES string of the molecule is CC(=O)N(c1cccc(Cl)c1)c1nc([C@@H]2Nc3ccccc3C(=O)N2C2CC2)cs1. The second kappa shape index (κ2) is 7.41. The molecule has 1 N–H and O–H groups in total. The second-order valence-corrected chi connectivity index (χ2v) is 8.70. The van der Waals surface area contributed by atoms with E-state index in [1.807, 2.05) is 40.6 Å². The summed E-state index contributed by atoms with van der Waals surface area (Å²) in [7, 11) is 0. The van der Waals surface area contributed by atoms with E-state index in [4.69, 9.17) is 16.6 Å². The van der Waals surface area contributed by atoms with E-state index in [1.165, 1.54) is 18.3 Å². The first-order chi connectivity index (χ1) is 14.5. The number of rotatable bonds is 4. The minimum atomic E-state index is -0.363.